The number of rotatable bonds is 8. The summed E-state index contributed by atoms with van der Waals surface area (Å²) in [6, 6.07) is 0. The van der Waals surface area contributed by atoms with Crippen molar-refractivity contribution in [3.8, 4) is 0 Å². The average Bonchev–Trinajstić information content (AvgIpc) is 3.05. The number of hydrogen-bond donors (Lipinski definition) is 2. The molecular formula is C12H16N2O4S. The molecule has 0 bridgehead atoms. The smallest absolute Gasteiger partial charge is 0.355 e. The van der Waals surface area contributed by atoms with Crippen LogP contribution < -0.4 is 5.32 Å². The lowest BCUT2D eigenvalue weighted by atomic mass is 10.4. The first-order valence-corrected chi connectivity index (χ1v) is 7.05. The van der Waals surface area contributed by atoms with Crippen LogP contribution in [0.25, 0.3) is 0 Å². The number of carbonyl (C=O) groups is 2. The third-order valence-corrected chi connectivity index (χ3v) is 3.62. The van der Waals surface area contributed by atoms with Gasteiger partial charge in [-0.1, -0.05) is 0 Å². The van der Waals surface area contributed by atoms with Crippen LogP contribution in [0.5, 0.6) is 0 Å². The van der Waals surface area contributed by atoms with Gasteiger partial charge in [-0.05, 0) is 18.8 Å². The Hall–Kier alpha value is -1.47. The number of ether oxygens (including phenoxy) is 1. The summed E-state index contributed by atoms with van der Waals surface area (Å²) >= 11 is 1.29. The van der Waals surface area contributed by atoms with Gasteiger partial charge in [0.15, 0.2) is 5.69 Å². The number of amides is 1. The Balaban J connectivity index is 1.59. The number of aromatic carboxylic acids is 1. The van der Waals surface area contributed by atoms with Crippen molar-refractivity contribution in [1.82, 2.24) is 10.3 Å². The van der Waals surface area contributed by atoms with Crippen LogP contribution >= 0.6 is 11.3 Å². The van der Waals surface area contributed by atoms with E-state index in [2.05, 4.69) is 10.3 Å². The predicted octanol–water partition coefficient (Wildman–Crippen LogP) is 0.927. The number of carboxylic acids is 1. The summed E-state index contributed by atoms with van der Waals surface area (Å²) in [6.07, 6.45) is 2.95. The van der Waals surface area contributed by atoms with Crippen molar-refractivity contribution in [3.05, 3.63) is 16.1 Å². The fourth-order valence-corrected chi connectivity index (χ4v) is 2.26. The summed E-state index contributed by atoms with van der Waals surface area (Å²) in [7, 11) is 0. The second-order valence-electron chi connectivity index (χ2n) is 4.49. The third-order valence-electron chi connectivity index (χ3n) is 2.72. The minimum Gasteiger partial charge on any atom is -0.476 e. The van der Waals surface area contributed by atoms with Crippen molar-refractivity contribution >= 4 is 23.2 Å². The molecular weight excluding hydrogens is 268 g/mol. The van der Waals surface area contributed by atoms with E-state index >= 15 is 0 Å². The van der Waals surface area contributed by atoms with Gasteiger partial charge in [-0.15, -0.1) is 11.3 Å². The van der Waals surface area contributed by atoms with Crippen molar-refractivity contribution in [3.63, 3.8) is 0 Å². The molecule has 1 amide bonds. The average molecular weight is 284 g/mol. The van der Waals surface area contributed by atoms with Crippen LogP contribution in [0.3, 0.4) is 0 Å². The van der Waals surface area contributed by atoms with E-state index in [4.69, 9.17) is 9.84 Å². The third kappa shape index (κ3) is 4.96. The predicted molar refractivity (Wildman–Crippen MR) is 69.3 cm³/mol. The van der Waals surface area contributed by atoms with E-state index in [0.717, 1.165) is 0 Å². The summed E-state index contributed by atoms with van der Waals surface area (Å²) in [4.78, 5) is 26.0. The number of aromatic nitrogens is 1. The highest BCUT2D eigenvalue weighted by atomic mass is 32.1. The van der Waals surface area contributed by atoms with Gasteiger partial charge < -0.3 is 15.2 Å². The van der Waals surface area contributed by atoms with Gasteiger partial charge in [-0.3, -0.25) is 4.79 Å². The van der Waals surface area contributed by atoms with E-state index in [9.17, 15) is 9.59 Å². The molecule has 1 aliphatic rings. The molecule has 7 heteroatoms. The number of carboxylic acid groups (broad SMARTS) is 1. The molecule has 0 aromatic carbocycles. The molecule has 1 aromatic rings. The highest BCUT2D eigenvalue weighted by molar-refractivity contribution is 7.09. The SMILES string of the molecule is O=C(COCC1CC1)NCCc1nc(C(=O)O)cs1. The number of nitrogens with one attached hydrogen (secondary N) is 1. The van der Waals surface area contributed by atoms with E-state index in [-0.39, 0.29) is 18.2 Å². The molecule has 0 radical (unpaired) electrons. The van der Waals surface area contributed by atoms with Crippen LogP contribution in [0.4, 0.5) is 0 Å². The molecule has 2 N–H and O–H groups in total. The minimum absolute atomic E-state index is 0.0547. The zero-order chi connectivity index (χ0) is 13.7. The van der Waals surface area contributed by atoms with Crippen molar-refractivity contribution in [2.24, 2.45) is 5.92 Å². The summed E-state index contributed by atoms with van der Waals surface area (Å²) in [6.45, 7) is 1.20. The maximum absolute atomic E-state index is 11.4. The largest absolute Gasteiger partial charge is 0.476 e. The normalized spacial score (nSPS) is 14.3. The second-order valence-corrected chi connectivity index (χ2v) is 5.43. The van der Waals surface area contributed by atoms with Gasteiger partial charge in [0, 0.05) is 18.3 Å². The Labute approximate surface area is 114 Å². The van der Waals surface area contributed by atoms with Crippen LogP contribution in [0.1, 0.15) is 28.3 Å². The number of thiazole rings is 1. The number of hydrogen-bond acceptors (Lipinski definition) is 5. The van der Waals surface area contributed by atoms with E-state index < -0.39 is 5.97 Å². The van der Waals surface area contributed by atoms with Gasteiger partial charge in [-0.25, -0.2) is 9.78 Å². The molecule has 6 nitrogen and oxygen atoms in total. The van der Waals surface area contributed by atoms with Gasteiger partial charge in [0.05, 0.1) is 11.6 Å². The van der Waals surface area contributed by atoms with Gasteiger partial charge >= 0.3 is 5.97 Å². The first kappa shape index (κ1) is 14.0. The second kappa shape index (κ2) is 6.63. The van der Waals surface area contributed by atoms with Crippen molar-refractivity contribution < 1.29 is 19.4 Å². The number of carbonyl (C=O) groups excluding carboxylic acids is 1. The zero-order valence-electron chi connectivity index (χ0n) is 10.4. The molecule has 1 saturated carbocycles. The summed E-state index contributed by atoms with van der Waals surface area (Å²) in [5.74, 6) is -0.520. The molecule has 0 spiro atoms. The van der Waals surface area contributed by atoms with Crippen LogP contribution in [0.2, 0.25) is 0 Å². The highest BCUT2D eigenvalue weighted by Crippen LogP contribution is 2.28. The summed E-state index contributed by atoms with van der Waals surface area (Å²) in [5.41, 5.74) is 0.0547. The maximum atomic E-state index is 11.4. The van der Waals surface area contributed by atoms with Crippen molar-refractivity contribution in [2.75, 3.05) is 19.8 Å². The monoisotopic (exact) mass is 284 g/mol. The van der Waals surface area contributed by atoms with E-state index in [1.54, 1.807) is 0 Å². The summed E-state index contributed by atoms with van der Waals surface area (Å²) < 4.78 is 5.25. The Bertz CT molecular complexity index is 456. The molecule has 1 fully saturated rings. The van der Waals surface area contributed by atoms with Gasteiger partial charge in [-0.2, -0.15) is 0 Å². The fraction of sp³-hybridized carbons (Fsp3) is 0.583. The van der Waals surface area contributed by atoms with Gasteiger partial charge in [0.2, 0.25) is 5.91 Å². The quantitative estimate of drug-likeness (QED) is 0.741. The molecule has 104 valence electrons. The molecule has 0 atom stereocenters. The van der Waals surface area contributed by atoms with Gasteiger partial charge in [0.1, 0.15) is 6.61 Å². The Kier molecular flexibility index (Phi) is 4.86. The first-order valence-electron chi connectivity index (χ1n) is 6.17. The summed E-state index contributed by atoms with van der Waals surface area (Å²) in [5, 5.41) is 13.6. The van der Waals surface area contributed by atoms with Crippen LogP contribution in [0.15, 0.2) is 5.38 Å². The molecule has 1 aromatic heterocycles. The topological polar surface area (TPSA) is 88.5 Å². The number of nitrogens with zero attached hydrogens (tertiary/aromatic N) is 1. The molecule has 19 heavy (non-hydrogen) atoms. The molecule has 2 rings (SSSR count). The lowest BCUT2D eigenvalue weighted by molar-refractivity contribution is -0.125. The van der Waals surface area contributed by atoms with Crippen LogP contribution in [-0.2, 0) is 16.0 Å². The Morgan fingerprint density at radius 2 is 2.32 bits per heavy atom. The van der Waals surface area contributed by atoms with Crippen molar-refractivity contribution in [2.45, 2.75) is 19.3 Å². The molecule has 1 heterocycles. The lowest BCUT2D eigenvalue weighted by Crippen LogP contribution is -2.29. The molecule has 1 aliphatic carbocycles. The van der Waals surface area contributed by atoms with Crippen molar-refractivity contribution in [1.29, 1.82) is 0 Å². The van der Waals surface area contributed by atoms with E-state index in [0.29, 0.717) is 30.5 Å². The first-order chi connectivity index (χ1) is 9.15. The lowest BCUT2D eigenvalue weighted by Gasteiger charge is -2.04. The highest BCUT2D eigenvalue weighted by Gasteiger charge is 2.21. The van der Waals surface area contributed by atoms with Crippen LogP contribution in [-0.4, -0.2) is 41.7 Å². The standard InChI is InChI=1S/C12H16N2O4S/c15-10(6-18-5-8-1-2-8)13-4-3-11-14-9(7-19-11)12(16)17/h7-8H,1-6H2,(H,13,15)(H,16,17). The Morgan fingerprint density at radius 1 is 1.53 bits per heavy atom. The Morgan fingerprint density at radius 3 is 2.95 bits per heavy atom. The minimum atomic E-state index is -1.03. The van der Waals surface area contributed by atoms with E-state index in [1.807, 2.05) is 0 Å². The van der Waals surface area contributed by atoms with Gasteiger partial charge in [0.25, 0.3) is 0 Å². The fourth-order valence-electron chi connectivity index (χ4n) is 1.49. The molecule has 0 saturated heterocycles. The molecule has 0 aliphatic heterocycles. The maximum Gasteiger partial charge on any atom is 0.355 e. The van der Waals surface area contributed by atoms with E-state index in [1.165, 1.54) is 29.6 Å². The zero-order valence-corrected chi connectivity index (χ0v) is 11.2. The molecule has 0 unspecified atom stereocenters. The van der Waals surface area contributed by atoms with Crippen LogP contribution in [0, 0.1) is 5.92 Å².